The maximum Gasteiger partial charge on any atom is 1.00 e. The van der Waals surface area contributed by atoms with E-state index in [1.165, 1.54) is 0 Å². The van der Waals surface area contributed by atoms with E-state index in [2.05, 4.69) is 0 Å². The van der Waals surface area contributed by atoms with Crippen LogP contribution in [0.2, 0.25) is 0 Å². The molecule has 0 atom stereocenters. The van der Waals surface area contributed by atoms with Crippen molar-refractivity contribution < 1.29 is 118 Å². The standard InChI is InChI=1S/CH2O3.K.Na.H4O4Si.2H/c2-1(3)4;;;1-5(2,3)4;;/h(H2,2,3,4);;;1-4H;;/q;2*+1;;2*-1. The van der Waals surface area contributed by atoms with E-state index in [0.29, 0.717) is 0 Å². The molecule has 0 fully saturated rings. The summed E-state index contributed by atoms with van der Waals surface area (Å²) < 4.78 is 0. The van der Waals surface area contributed by atoms with Crippen molar-refractivity contribution in [2.24, 2.45) is 0 Å². The zero-order valence-corrected chi connectivity index (χ0v) is 12.2. The smallest absolute Gasteiger partial charge is 1.00 e. The molecule has 0 amide bonds. The van der Waals surface area contributed by atoms with Gasteiger partial charge in [0.1, 0.15) is 0 Å². The summed E-state index contributed by atoms with van der Waals surface area (Å²) in [5.41, 5.74) is 0. The van der Waals surface area contributed by atoms with Gasteiger partial charge >= 0.3 is 96.1 Å². The van der Waals surface area contributed by atoms with Crippen LogP contribution in [-0.2, 0) is 0 Å². The fourth-order valence-electron chi connectivity index (χ4n) is 0. The number of rotatable bonds is 0. The summed E-state index contributed by atoms with van der Waals surface area (Å²) in [6, 6.07) is 0. The Morgan fingerprint density at radius 3 is 1.09 bits per heavy atom. The quantitative estimate of drug-likeness (QED) is 0.224. The summed E-state index contributed by atoms with van der Waals surface area (Å²) in [7, 11) is -4.61. The summed E-state index contributed by atoms with van der Waals surface area (Å²) in [6.07, 6.45) is -1.83. The monoisotopic (exact) mass is 222 g/mol. The third-order valence-electron chi connectivity index (χ3n) is 0. The average Bonchev–Trinajstić information content (AvgIpc) is 1.19. The summed E-state index contributed by atoms with van der Waals surface area (Å²) in [5, 5.41) is 13.9. The molecule has 0 aromatic rings. The largest absolute Gasteiger partial charge is 1.00 e. The third kappa shape index (κ3) is 308. The Hall–Kier alpha value is 1.96. The van der Waals surface area contributed by atoms with Crippen molar-refractivity contribution in [3.8, 4) is 0 Å². The molecule has 0 spiro atoms. The molecule has 11 heavy (non-hydrogen) atoms. The van der Waals surface area contributed by atoms with Gasteiger partial charge in [0.15, 0.2) is 0 Å². The van der Waals surface area contributed by atoms with Crippen molar-refractivity contribution >= 4 is 15.2 Å². The molecule has 0 aliphatic carbocycles. The van der Waals surface area contributed by atoms with E-state index in [1.807, 2.05) is 0 Å². The van der Waals surface area contributed by atoms with E-state index in [4.69, 9.17) is 34.2 Å². The van der Waals surface area contributed by atoms with Gasteiger partial charge < -0.3 is 32.2 Å². The minimum atomic E-state index is -4.61. The van der Waals surface area contributed by atoms with Crippen molar-refractivity contribution in [2.75, 3.05) is 0 Å². The molecule has 0 aromatic heterocycles. The summed E-state index contributed by atoms with van der Waals surface area (Å²) >= 11 is 0. The molecule has 0 radical (unpaired) electrons. The van der Waals surface area contributed by atoms with Crippen LogP contribution in [0.3, 0.4) is 0 Å². The number of carboxylic acid groups (broad SMARTS) is 2. The Kier molecular flexibility index (Phi) is 25.1. The van der Waals surface area contributed by atoms with Gasteiger partial charge in [0.2, 0.25) is 0 Å². The molecule has 10 heteroatoms. The molecule has 60 valence electrons. The first-order chi connectivity index (χ1) is 3.73. The van der Waals surface area contributed by atoms with Crippen molar-refractivity contribution in [1.82, 2.24) is 0 Å². The molecule has 0 unspecified atom stereocenters. The number of hydrogen-bond acceptors (Lipinski definition) is 5. The fourth-order valence-corrected chi connectivity index (χ4v) is 0. The molecule has 0 rings (SSSR count). The van der Waals surface area contributed by atoms with Crippen LogP contribution in [0.1, 0.15) is 2.85 Å². The van der Waals surface area contributed by atoms with E-state index in [-0.39, 0.29) is 83.8 Å². The minimum Gasteiger partial charge on any atom is -1.00 e. The van der Waals surface area contributed by atoms with Crippen LogP contribution in [0.15, 0.2) is 0 Å². The van der Waals surface area contributed by atoms with Crippen LogP contribution < -0.4 is 80.9 Å². The molecule has 0 saturated heterocycles. The van der Waals surface area contributed by atoms with Gasteiger partial charge in [0, 0.05) is 0 Å². The van der Waals surface area contributed by atoms with Gasteiger partial charge in [0.05, 0.1) is 0 Å². The van der Waals surface area contributed by atoms with Crippen molar-refractivity contribution in [3.63, 3.8) is 0 Å². The van der Waals surface area contributed by atoms with Gasteiger partial charge in [-0.05, 0) is 0 Å². The van der Waals surface area contributed by atoms with Gasteiger partial charge in [-0.15, -0.1) is 0 Å². The van der Waals surface area contributed by atoms with Crippen LogP contribution in [0.25, 0.3) is 0 Å². The molecule has 0 aliphatic heterocycles. The molecular weight excluding hydrogens is 214 g/mol. The van der Waals surface area contributed by atoms with E-state index >= 15 is 0 Å². The summed E-state index contributed by atoms with van der Waals surface area (Å²) in [6.45, 7) is 0. The maximum atomic E-state index is 8.56. The number of hydrogen-bond donors (Lipinski definition) is 6. The SMILES string of the molecule is O=C(O)O.O[Si](O)(O)O.[H-].[H-].[K+].[Na+]. The van der Waals surface area contributed by atoms with Gasteiger partial charge in [-0.25, -0.2) is 4.79 Å². The Balaban J connectivity index is -0.0000000146. The molecule has 0 aliphatic rings. The Labute approximate surface area is 131 Å². The molecule has 0 bridgehead atoms. The normalized spacial score (nSPS) is 7.64. The Morgan fingerprint density at radius 2 is 1.09 bits per heavy atom. The predicted molar refractivity (Wildman–Crippen MR) is 27.5 cm³/mol. The Morgan fingerprint density at radius 1 is 1.09 bits per heavy atom. The van der Waals surface area contributed by atoms with Gasteiger partial charge in [-0.3, -0.25) is 0 Å². The van der Waals surface area contributed by atoms with E-state index in [9.17, 15) is 0 Å². The molecule has 0 saturated carbocycles. The fraction of sp³-hybridized carbons (Fsp3) is 0. The molecule has 0 aromatic carbocycles. The first kappa shape index (κ1) is 23.1. The number of carbonyl (C=O) groups is 1. The molecular formula is CH8KNaO7Si. The van der Waals surface area contributed by atoms with Crippen LogP contribution in [0.4, 0.5) is 4.79 Å². The first-order valence-electron chi connectivity index (χ1n) is 1.55. The second-order valence-corrected chi connectivity index (χ2v) is 2.08. The van der Waals surface area contributed by atoms with Crippen LogP contribution >= 0.6 is 0 Å². The van der Waals surface area contributed by atoms with Gasteiger partial charge in [-0.1, -0.05) is 0 Å². The molecule has 0 heterocycles. The second-order valence-electron chi connectivity index (χ2n) is 0.883. The zero-order chi connectivity index (χ0) is 8.08. The van der Waals surface area contributed by atoms with Crippen LogP contribution in [0.5, 0.6) is 0 Å². The third-order valence-corrected chi connectivity index (χ3v) is 0. The van der Waals surface area contributed by atoms with E-state index < -0.39 is 15.2 Å². The van der Waals surface area contributed by atoms with Gasteiger partial charge in [-0.2, -0.15) is 0 Å². The van der Waals surface area contributed by atoms with Crippen molar-refractivity contribution in [2.45, 2.75) is 0 Å². The average molecular weight is 222 g/mol. The van der Waals surface area contributed by atoms with Crippen LogP contribution in [-0.4, -0.2) is 44.6 Å². The topological polar surface area (TPSA) is 138 Å². The summed E-state index contributed by atoms with van der Waals surface area (Å²) in [4.78, 5) is 37.9. The minimum absolute atomic E-state index is 0. The molecule has 6 N–H and O–H groups in total. The molecule has 7 nitrogen and oxygen atoms in total. The van der Waals surface area contributed by atoms with Gasteiger partial charge in [0.25, 0.3) is 0 Å². The van der Waals surface area contributed by atoms with E-state index in [1.54, 1.807) is 0 Å². The summed E-state index contributed by atoms with van der Waals surface area (Å²) in [5.74, 6) is 0. The maximum absolute atomic E-state index is 8.56. The first-order valence-corrected chi connectivity index (χ1v) is 3.33. The van der Waals surface area contributed by atoms with Crippen molar-refractivity contribution in [3.05, 3.63) is 0 Å². The predicted octanol–water partition coefficient (Wildman–Crippen LogP) is -8.15. The zero-order valence-electron chi connectivity index (χ0n) is 8.09. The van der Waals surface area contributed by atoms with E-state index in [0.717, 1.165) is 0 Å². The Bertz CT molecular complexity index is 89.0. The van der Waals surface area contributed by atoms with Crippen LogP contribution in [0, 0.1) is 0 Å². The van der Waals surface area contributed by atoms with Crippen molar-refractivity contribution in [1.29, 1.82) is 0 Å². The second kappa shape index (κ2) is 12.0.